The summed E-state index contributed by atoms with van der Waals surface area (Å²) in [5.74, 6) is -1.53. The third-order valence-corrected chi connectivity index (χ3v) is 7.26. The molecule has 1 fully saturated rings. The number of aliphatic hydroxyl groups is 1. The average molecular weight is 534 g/mol. The van der Waals surface area contributed by atoms with E-state index in [2.05, 4.69) is 39.7 Å². The molecule has 3 aromatic rings. The molecule has 1 aliphatic heterocycles. The molecule has 180 valence electrons. The van der Waals surface area contributed by atoms with E-state index in [-0.39, 0.29) is 17.9 Å². The molecular weight excluding hydrogens is 506 g/mol. The van der Waals surface area contributed by atoms with Gasteiger partial charge in [0.25, 0.3) is 11.7 Å². The smallest absolute Gasteiger partial charge is 0.296 e. The van der Waals surface area contributed by atoms with Crippen LogP contribution in [0.15, 0.2) is 76.9 Å². The Balaban J connectivity index is 1.84. The first-order chi connectivity index (χ1) is 16.8. The number of anilines is 1. The summed E-state index contributed by atoms with van der Waals surface area (Å²) in [6, 6.07) is 17.9. The lowest BCUT2D eigenvalue weighted by Crippen LogP contribution is -2.29. The van der Waals surface area contributed by atoms with Crippen molar-refractivity contribution in [3.05, 3.63) is 99.3 Å². The minimum absolute atomic E-state index is 0.0863. The van der Waals surface area contributed by atoms with Crippen molar-refractivity contribution < 1.29 is 14.7 Å². The van der Waals surface area contributed by atoms with E-state index in [1.807, 2.05) is 49.4 Å². The molecular formula is C28H28BrN3O3. The molecule has 2 heterocycles. The van der Waals surface area contributed by atoms with Crippen LogP contribution in [0.25, 0.3) is 5.76 Å². The van der Waals surface area contributed by atoms with E-state index in [0.717, 1.165) is 34.4 Å². The number of benzene rings is 2. The number of likely N-dealkylation sites (tertiary alicyclic amines) is 1. The number of rotatable bonds is 7. The number of aliphatic hydroxyl groups excluding tert-OH is 1. The normalized spacial score (nSPS) is 17.1. The fourth-order valence-corrected chi connectivity index (χ4v) is 4.71. The summed E-state index contributed by atoms with van der Waals surface area (Å²) in [5.41, 5.74) is 3.97. The van der Waals surface area contributed by atoms with E-state index < -0.39 is 17.7 Å². The Morgan fingerprint density at radius 3 is 2.37 bits per heavy atom. The molecule has 1 aromatic heterocycles. The summed E-state index contributed by atoms with van der Waals surface area (Å²) >= 11 is 3.47. The second kappa shape index (κ2) is 10.4. The van der Waals surface area contributed by atoms with Gasteiger partial charge in [-0.2, -0.15) is 0 Å². The molecule has 1 atom stereocenters. The maximum atomic E-state index is 13.3. The number of Topliss-reactive ketones (excluding diaryl/α,β-unsaturated/α-hetero) is 1. The summed E-state index contributed by atoms with van der Waals surface area (Å²) < 4.78 is 0.896. The Kier molecular flexibility index (Phi) is 7.36. The van der Waals surface area contributed by atoms with Gasteiger partial charge in [0.05, 0.1) is 23.9 Å². The summed E-state index contributed by atoms with van der Waals surface area (Å²) in [4.78, 5) is 34.6. The van der Waals surface area contributed by atoms with Gasteiger partial charge in [-0.15, -0.1) is 0 Å². The highest BCUT2D eigenvalue weighted by atomic mass is 79.9. The van der Waals surface area contributed by atoms with Gasteiger partial charge in [-0.25, -0.2) is 0 Å². The predicted molar refractivity (Wildman–Crippen MR) is 141 cm³/mol. The minimum Gasteiger partial charge on any atom is -0.507 e. The Bertz CT molecular complexity index is 1270. The number of hydrogen-bond acceptors (Lipinski definition) is 5. The van der Waals surface area contributed by atoms with Gasteiger partial charge in [0.2, 0.25) is 0 Å². The fourth-order valence-electron chi connectivity index (χ4n) is 4.46. The molecule has 1 N–H and O–H groups in total. The molecule has 0 bridgehead atoms. The highest BCUT2D eigenvalue weighted by molar-refractivity contribution is 9.10. The third kappa shape index (κ3) is 4.86. The van der Waals surface area contributed by atoms with E-state index in [9.17, 15) is 14.7 Å². The number of aryl methyl sites for hydroxylation is 1. The topological polar surface area (TPSA) is 73.7 Å². The number of nitrogens with zero attached hydrogens (tertiary/aromatic N) is 3. The Hall–Kier alpha value is -3.45. The van der Waals surface area contributed by atoms with Gasteiger partial charge in [-0.1, -0.05) is 40.2 Å². The van der Waals surface area contributed by atoms with Crippen LogP contribution < -0.4 is 4.90 Å². The summed E-state index contributed by atoms with van der Waals surface area (Å²) in [6.07, 6.45) is 1.66. The monoisotopic (exact) mass is 533 g/mol. The van der Waals surface area contributed by atoms with Crippen molar-refractivity contribution in [3.8, 4) is 0 Å². The van der Waals surface area contributed by atoms with Gasteiger partial charge in [-0.3, -0.25) is 14.6 Å². The van der Waals surface area contributed by atoms with Crippen LogP contribution in [-0.4, -0.2) is 39.8 Å². The number of halogens is 1. The Labute approximate surface area is 214 Å². The zero-order valence-electron chi connectivity index (χ0n) is 20.0. The van der Waals surface area contributed by atoms with Crippen LogP contribution in [0, 0.1) is 6.92 Å². The van der Waals surface area contributed by atoms with Crippen molar-refractivity contribution in [1.82, 2.24) is 9.88 Å². The number of carbonyl (C=O) groups excluding carboxylic acids is 2. The van der Waals surface area contributed by atoms with Crippen molar-refractivity contribution in [2.75, 3.05) is 18.0 Å². The molecule has 0 saturated carbocycles. The first-order valence-corrected chi connectivity index (χ1v) is 12.4. The molecule has 1 unspecified atom stereocenters. The molecule has 6 nitrogen and oxygen atoms in total. The first-order valence-electron chi connectivity index (χ1n) is 11.6. The second-order valence-electron chi connectivity index (χ2n) is 8.48. The molecule has 1 aliphatic rings. The van der Waals surface area contributed by atoms with E-state index in [0.29, 0.717) is 11.3 Å². The van der Waals surface area contributed by atoms with Crippen molar-refractivity contribution in [2.45, 2.75) is 33.4 Å². The van der Waals surface area contributed by atoms with Gasteiger partial charge in [0.15, 0.2) is 0 Å². The highest BCUT2D eigenvalue weighted by Crippen LogP contribution is 2.41. The maximum Gasteiger partial charge on any atom is 0.296 e. The van der Waals surface area contributed by atoms with Crippen molar-refractivity contribution in [1.29, 1.82) is 0 Å². The number of pyridine rings is 1. The van der Waals surface area contributed by atoms with E-state index in [1.54, 1.807) is 24.4 Å². The molecule has 0 radical (unpaired) electrons. The molecule has 35 heavy (non-hydrogen) atoms. The van der Waals surface area contributed by atoms with Crippen LogP contribution >= 0.6 is 15.9 Å². The van der Waals surface area contributed by atoms with Gasteiger partial charge in [0, 0.05) is 35.0 Å². The predicted octanol–water partition coefficient (Wildman–Crippen LogP) is 5.62. The summed E-state index contributed by atoms with van der Waals surface area (Å²) in [5, 5.41) is 11.3. The largest absolute Gasteiger partial charge is 0.507 e. The fraction of sp³-hybridized carbons (Fsp3) is 0.250. The lowest BCUT2D eigenvalue weighted by Gasteiger charge is -2.26. The summed E-state index contributed by atoms with van der Waals surface area (Å²) in [7, 11) is 0. The number of ketones is 1. The SMILES string of the molecule is CCN(CC)c1ccc(C2/C(=C(/O)c3ccc(Br)c(C)c3)C(=O)C(=O)N2Cc2ccccn2)cc1. The van der Waals surface area contributed by atoms with Gasteiger partial charge >= 0.3 is 0 Å². The highest BCUT2D eigenvalue weighted by Gasteiger charge is 2.46. The van der Waals surface area contributed by atoms with E-state index in [1.165, 1.54) is 4.90 Å². The maximum absolute atomic E-state index is 13.3. The second-order valence-corrected chi connectivity index (χ2v) is 9.33. The van der Waals surface area contributed by atoms with Gasteiger partial charge < -0.3 is 14.9 Å². The van der Waals surface area contributed by atoms with Gasteiger partial charge in [-0.05, 0) is 68.3 Å². The molecule has 0 aliphatic carbocycles. The van der Waals surface area contributed by atoms with Crippen molar-refractivity contribution in [3.63, 3.8) is 0 Å². The zero-order chi connectivity index (χ0) is 25.1. The van der Waals surface area contributed by atoms with E-state index >= 15 is 0 Å². The molecule has 1 saturated heterocycles. The molecule has 2 aromatic carbocycles. The van der Waals surface area contributed by atoms with Crippen LogP contribution in [-0.2, 0) is 16.1 Å². The molecule has 1 amide bonds. The van der Waals surface area contributed by atoms with Crippen LogP contribution in [0.4, 0.5) is 5.69 Å². The first kappa shape index (κ1) is 24.7. The number of amides is 1. The lowest BCUT2D eigenvalue weighted by atomic mass is 9.94. The lowest BCUT2D eigenvalue weighted by molar-refractivity contribution is -0.140. The molecule has 4 rings (SSSR count). The Morgan fingerprint density at radius 1 is 1.06 bits per heavy atom. The standard InChI is InChI=1S/C28H28BrN3O3/c1-4-31(5-2)22-12-9-19(10-13-22)25-24(26(33)20-11-14-23(29)18(3)16-20)27(34)28(35)32(25)17-21-8-6-7-15-30-21/h6-16,25,33H,4-5,17H2,1-3H3/b26-24-. The van der Waals surface area contributed by atoms with Crippen LogP contribution in [0.1, 0.15) is 42.3 Å². The minimum atomic E-state index is -0.730. The van der Waals surface area contributed by atoms with Crippen LogP contribution in [0.2, 0.25) is 0 Å². The number of carbonyl (C=O) groups is 2. The quantitative estimate of drug-likeness (QED) is 0.242. The molecule has 7 heteroatoms. The number of aromatic nitrogens is 1. The van der Waals surface area contributed by atoms with Gasteiger partial charge in [0.1, 0.15) is 5.76 Å². The average Bonchev–Trinajstić information content (AvgIpc) is 3.12. The number of hydrogen-bond donors (Lipinski definition) is 1. The molecule has 0 spiro atoms. The zero-order valence-corrected chi connectivity index (χ0v) is 21.6. The van der Waals surface area contributed by atoms with Crippen LogP contribution in [0.5, 0.6) is 0 Å². The van der Waals surface area contributed by atoms with Crippen molar-refractivity contribution >= 4 is 39.1 Å². The summed E-state index contributed by atoms with van der Waals surface area (Å²) in [6.45, 7) is 8.00. The Morgan fingerprint density at radius 2 is 1.77 bits per heavy atom. The van der Waals surface area contributed by atoms with Crippen molar-refractivity contribution in [2.24, 2.45) is 0 Å². The third-order valence-electron chi connectivity index (χ3n) is 6.37. The van der Waals surface area contributed by atoms with Crippen LogP contribution in [0.3, 0.4) is 0 Å². The van der Waals surface area contributed by atoms with E-state index in [4.69, 9.17) is 0 Å².